The van der Waals surface area contributed by atoms with Gasteiger partial charge in [-0.2, -0.15) is 13.7 Å². The van der Waals surface area contributed by atoms with Crippen molar-refractivity contribution >= 4 is 27.9 Å². The maximum atomic E-state index is 12.2. The molecule has 1 fully saturated rings. The Morgan fingerprint density at radius 3 is 2.68 bits per heavy atom. The highest BCUT2D eigenvalue weighted by molar-refractivity contribution is 7.92. The van der Waals surface area contributed by atoms with Gasteiger partial charge in [0.25, 0.3) is 5.91 Å². The second-order valence-corrected chi connectivity index (χ2v) is 7.91. The highest BCUT2D eigenvalue weighted by Gasteiger charge is 2.35. The predicted octanol–water partition coefficient (Wildman–Crippen LogP) is 2.62. The van der Waals surface area contributed by atoms with Gasteiger partial charge in [-0.05, 0) is 30.2 Å². The van der Waals surface area contributed by atoms with Gasteiger partial charge in [0.1, 0.15) is 18.9 Å². The standard InChI is InChI=1S/C20H19N3O4S/c1-15(12-21)7-8-16-9-10-18(23-13-20(24)22-28(23,25)26)19(11-16)27-14-17-5-3-2-4-6-17/h2-11,15H,13-14H2,1H3,(H,22,24)/b8-7+. The van der Waals surface area contributed by atoms with Crippen molar-refractivity contribution in [1.82, 2.24) is 4.72 Å². The summed E-state index contributed by atoms with van der Waals surface area (Å²) in [7, 11) is -3.94. The molecule has 2 aromatic rings. The molecule has 1 atom stereocenters. The summed E-state index contributed by atoms with van der Waals surface area (Å²) in [5.74, 6) is -0.523. The second-order valence-electron chi connectivity index (χ2n) is 6.32. The van der Waals surface area contributed by atoms with Crippen LogP contribution in [0.2, 0.25) is 0 Å². The number of hydrogen-bond acceptors (Lipinski definition) is 5. The lowest BCUT2D eigenvalue weighted by atomic mass is 10.1. The average molecular weight is 397 g/mol. The van der Waals surface area contributed by atoms with Crippen LogP contribution in [0.15, 0.2) is 54.6 Å². The first-order valence-electron chi connectivity index (χ1n) is 8.61. The number of benzene rings is 2. The summed E-state index contributed by atoms with van der Waals surface area (Å²) >= 11 is 0. The second kappa shape index (κ2) is 8.15. The number of carbonyl (C=O) groups excluding carboxylic acids is 1. The molecule has 0 spiro atoms. The van der Waals surface area contributed by atoms with E-state index in [2.05, 4.69) is 6.07 Å². The van der Waals surface area contributed by atoms with Crippen LogP contribution in [0, 0.1) is 17.2 Å². The first-order valence-corrected chi connectivity index (χ1v) is 10.0. The zero-order chi connectivity index (χ0) is 20.1. The molecular formula is C20H19N3O4S. The van der Waals surface area contributed by atoms with Crippen molar-refractivity contribution in [3.63, 3.8) is 0 Å². The van der Waals surface area contributed by atoms with Gasteiger partial charge in [0.15, 0.2) is 0 Å². The summed E-state index contributed by atoms with van der Waals surface area (Å²) < 4.78 is 33.3. The summed E-state index contributed by atoms with van der Waals surface area (Å²) in [6.07, 6.45) is 3.52. The Balaban J connectivity index is 1.95. The predicted molar refractivity (Wildman–Crippen MR) is 105 cm³/mol. The van der Waals surface area contributed by atoms with E-state index >= 15 is 0 Å². The molecule has 0 bridgehead atoms. The first kappa shape index (κ1) is 19.5. The van der Waals surface area contributed by atoms with Crippen molar-refractivity contribution in [2.75, 3.05) is 10.8 Å². The molecule has 0 radical (unpaired) electrons. The molecule has 1 aliphatic rings. The van der Waals surface area contributed by atoms with Gasteiger partial charge in [0.05, 0.1) is 17.7 Å². The molecular weight excluding hydrogens is 378 g/mol. The molecule has 1 heterocycles. The van der Waals surface area contributed by atoms with E-state index < -0.39 is 16.1 Å². The smallest absolute Gasteiger partial charge is 0.326 e. The van der Waals surface area contributed by atoms with E-state index in [0.717, 1.165) is 15.4 Å². The minimum Gasteiger partial charge on any atom is -0.487 e. The summed E-state index contributed by atoms with van der Waals surface area (Å²) in [4.78, 5) is 11.6. The summed E-state index contributed by atoms with van der Waals surface area (Å²) in [5.41, 5.74) is 1.95. The number of nitriles is 1. The number of nitrogens with one attached hydrogen (secondary N) is 1. The van der Waals surface area contributed by atoms with Crippen LogP contribution >= 0.6 is 0 Å². The van der Waals surface area contributed by atoms with Crippen LogP contribution in [0.1, 0.15) is 18.1 Å². The van der Waals surface area contributed by atoms with E-state index in [1.165, 1.54) is 0 Å². The van der Waals surface area contributed by atoms with Crippen molar-refractivity contribution in [2.24, 2.45) is 5.92 Å². The van der Waals surface area contributed by atoms with Gasteiger partial charge in [0.2, 0.25) is 0 Å². The average Bonchev–Trinajstić information content (AvgIpc) is 2.97. The first-order chi connectivity index (χ1) is 13.4. The third-order valence-electron chi connectivity index (χ3n) is 4.09. The summed E-state index contributed by atoms with van der Waals surface area (Å²) in [6, 6.07) is 16.6. The van der Waals surface area contributed by atoms with Crippen molar-refractivity contribution in [3.05, 3.63) is 65.7 Å². The molecule has 0 saturated carbocycles. The van der Waals surface area contributed by atoms with E-state index in [1.54, 1.807) is 37.3 Å². The number of ether oxygens (including phenoxy) is 1. The molecule has 1 N–H and O–H groups in total. The van der Waals surface area contributed by atoms with Crippen molar-refractivity contribution in [2.45, 2.75) is 13.5 Å². The lowest BCUT2D eigenvalue weighted by Gasteiger charge is -2.19. The summed E-state index contributed by atoms with van der Waals surface area (Å²) in [5, 5.41) is 8.91. The van der Waals surface area contributed by atoms with Crippen molar-refractivity contribution < 1.29 is 17.9 Å². The van der Waals surface area contributed by atoms with E-state index in [1.807, 2.05) is 35.1 Å². The Morgan fingerprint density at radius 1 is 1.29 bits per heavy atom. The number of anilines is 1. The minimum atomic E-state index is -3.94. The van der Waals surface area contributed by atoms with Gasteiger partial charge in [0, 0.05) is 0 Å². The number of nitrogens with zero attached hydrogens (tertiary/aromatic N) is 2. The topological polar surface area (TPSA) is 99.5 Å². The Morgan fingerprint density at radius 2 is 2.04 bits per heavy atom. The maximum absolute atomic E-state index is 12.2. The van der Waals surface area contributed by atoms with E-state index in [0.29, 0.717) is 5.75 Å². The van der Waals surface area contributed by atoms with Crippen LogP contribution in [-0.4, -0.2) is 20.9 Å². The van der Waals surface area contributed by atoms with Crippen LogP contribution in [0.3, 0.4) is 0 Å². The molecule has 0 aliphatic carbocycles. The molecule has 1 unspecified atom stereocenters. The monoisotopic (exact) mass is 397 g/mol. The van der Waals surface area contributed by atoms with E-state index in [-0.39, 0.29) is 24.8 Å². The Labute approximate surface area is 164 Å². The lowest BCUT2D eigenvalue weighted by Crippen LogP contribution is -2.29. The molecule has 3 rings (SSSR count). The van der Waals surface area contributed by atoms with E-state index in [9.17, 15) is 13.2 Å². The number of carbonyl (C=O) groups is 1. The third kappa shape index (κ3) is 4.50. The Bertz CT molecular complexity index is 1040. The van der Waals surface area contributed by atoms with Crippen molar-refractivity contribution in [3.8, 4) is 11.8 Å². The lowest BCUT2D eigenvalue weighted by molar-refractivity contribution is -0.117. The highest BCUT2D eigenvalue weighted by atomic mass is 32.2. The van der Waals surface area contributed by atoms with Crippen LogP contribution in [0.4, 0.5) is 5.69 Å². The van der Waals surface area contributed by atoms with Gasteiger partial charge in [-0.3, -0.25) is 4.79 Å². The Hall–Kier alpha value is -3.31. The normalized spacial score (nSPS) is 16.6. The fourth-order valence-electron chi connectivity index (χ4n) is 2.65. The maximum Gasteiger partial charge on any atom is 0.326 e. The van der Waals surface area contributed by atoms with Gasteiger partial charge < -0.3 is 4.74 Å². The van der Waals surface area contributed by atoms with Crippen LogP contribution in [0.25, 0.3) is 6.08 Å². The molecule has 7 nitrogen and oxygen atoms in total. The zero-order valence-electron chi connectivity index (χ0n) is 15.2. The van der Waals surface area contributed by atoms with Gasteiger partial charge in [-0.25, -0.2) is 9.03 Å². The Kier molecular flexibility index (Phi) is 5.66. The molecule has 1 amide bonds. The van der Waals surface area contributed by atoms with E-state index in [4.69, 9.17) is 10.00 Å². The van der Waals surface area contributed by atoms with Crippen molar-refractivity contribution in [1.29, 1.82) is 5.26 Å². The van der Waals surface area contributed by atoms with Gasteiger partial charge in [-0.15, -0.1) is 0 Å². The zero-order valence-corrected chi connectivity index (χ0v) is 16.0. The molecule has 28 heavy (non-hydrogen) atoms. The minimum absolute atomic E-state index is 0.241. The van der Waals surface area contributed by atoms with Gasteiger partial charge >= 0.3 is 10.2 Å². The molecule has 2 aromatic carbocycles. The fraction of sp³-hybridized carbons (Fsp3) is 0.200. The molecule has 8 heteroatoms. The van der Waals surface area contributed by atoms with Crippen LogP contribution < -0.4 is 13.8 Å². The molecule has 1 aliphatic heterocycles. The van der Waals surface area contributed by atoms with Crippen LogP contribution in [0.5, 0.6) is 5.75 Å². The third-order valence-corrected chi connectivity index (χ3v) is 5.48. The fourth-order valence-corrected chi connectivity index (χ4v) is 3.81. The number of hydrogen-bond donors (Lipinski definition) is 1. The summed E-state index contributed by atoms with van der Waals surface area (Å²) in [6.45, 7) is 1.71. The quantitative estimate of drug-likeness (QED) is 0.808. The number of rotatable bonds is 6. The molecule has 0 aromatic heterocycles. The molecule has 1 saturated heterocycles. The SMILES string of the molecule is CC(C#N)/C=C/c1ccc(N2CC(=O)NS2(=O)=O)c(OCc2ccccc2)c1. The molecule has 144 valence electrons. The largest absolute Gasteiger partial charge is 0.487 e. The number of allylic oxidation sites excluding steroid dienone is 1. The highest BCUT2D eigenvalue weighted by Crippen LogP contribution is 2.33. The van der Waals surface area contributed by atoms with Crippen LogP contribution in [-0.2, 0) is 21.6 Å². The van der Waals surface area contributed by atoms with Gasteiger partial charge in [-0.1, -0.05) is 48.6 Å². The number of amides is 1.